The Hall–Kier alpha value is -0.860. The van der Waals surface area contributed by atoms with Gasteiger partial charge in [-0.25, -0.2) is 0 Å². The van der Waals surface area contributed by atoms with Crippen LogP contribution in [0.5, 0.6) is 0 Å². The summed E-state index contributed by atoms with van der Waals surface area (Å²) in [6.07, 6.45) is 0.964. The van der Waals surface area contributed by atoms with Crippen LogP contribution in [0.4, 0.5) is 0 Å². The predicted octanol–water partition coefficient (Wildman–Crippen LogP) is 2.42. The predicted molar refractivity (Wildman–Crippen MR) is 70.4 cm³/mol. The number of rotatable bonds is 6. The van der Waals surface area contributed by atoms with Gasteiger partial charge in [-0.05, 0) is 37.6 Å². The maximum absolute atomic E-state index is 5.78. The molecular formula is C14H24N2. The molecule has 16 heavy (non-hydrogen) atoms. The molecule has 1 unspecified atom stereocenters. The second kappa shape index (κ2) is 6.66. The van der Waals surface area contributed by atoms with Gasteiger partial charge in [-0.15, -0.1) is 0 Å². The minimum atomic E-state index is 0.244. The van der Waals surface area contributed by atoms with Gasteiger partial charge in [-0.2, -0.15) is 0 Å². The van der Waals surface area contributed by atoms with Crippen molar-refractivity contribution < 1.29 is 0 Å². The van der Waals surface area contributed by atoms with Crippen molar-refractivity contribution in [2.45, 2.75) is 39.8 Å². The maximum Gasteiger partial charge on any atom is 0.0233 e. The highest BCUT2D eigenvalue weighted by Crippen LogP contribution is 2.08. The summed E-state index contributed by atoms with van der Waals surface area (Å²) in [6.45, 7) is 9.72. The SMILES string of the molecule is CCN(CC)Cc1ccc(CC(C)N)cc1. The number of hydrogen-bond donors (Lipinski definition) is 1. The minimum Gasteiger partial charge on any atom is -0.328 e. The molecule has 0 saturated carbocycles. The zero-order valence-corrected chi connectivity index (χ0v) is 10.7. The van der Waals surface area contributed by atoms with E-state index in [0.29, 0.717) is 0 Å². The first-order valence-electron chi connectivity index (χ1n) is 6.21. The zero-order chi connectivity index (χ0) is 12.0. The van der Waals surface area contributed by atoms with Gasteiger partial charge in [0.2, 0.25) is 0 Å². The Bertz CT molecular complexity index is 286. The summed E-state index contributed by atoms with van der Waals surface area (Å²) in [7, 11) is 0. The highest BCUT2D eigenvalue weighted by molar-refractivity contribution is 5.23. The Morgan fingerprint density at radius 1 is 1.06 bits per heavy atom. The molecule has 2 heteroatoms. The first-order valence-corrected chi connectivity index (χ1v) is 6.21. The van der Waals surface area contributed by atoms with Gasteiger partial charge in [0.05, 0.1) is 0 Å². The summed E-state index contributed by atoms with van der Waals surface area (Å²) in [5.74, 6) is 0. The van der Waals surface area contributed by atoms with Crippen LogP contribution in [-0.2, 0) is 13.0 Å². The van der Waals surface area contributed by atoms with Crippen LogP contribution in [-0.4, -0.2) is 24.0 Å². The second-order valence-corrected chi connectivity index (χ2v) is 4.46. The van der Waals surface area contributed by atoms with Crippen LogP contribution in [0.3, 0.4) is 0 Å². The molecule has 0 amide bonds. The molecule has 90 valence electrons. The van der Waals surface area contributed by atoms with E-state index < -0.39 is 0 Å². The molecule has 0 spiro atoms. The molecule has 1 aromatic rings. The fourth-order valence-corrected chi connectivity index (χ4v) is 1.86. The first-order chi connectivity index (χ1) is 7.65. The fourth-order valence-electron chi connectivity index (χ4n) is 1.86. The zero-order valence-electron chi connectivity index (χ0n) is 10.7. The molecule has 1 rings (SSSR count). The van der Waals surface area contributed by atoms with Crippen molar-refractivity contribution in [2.75, 3.05) is 13.1 Å². The largest absolute Gasteiger partial charge is 0.328 e. The fraction of sp³-hybridized carbons (Fsp3) is 0.571. The highest BCUT2D eigenvalue weighted by atomic mass is 15.1. The standard InChI is InChI=1S/C14H24N2/c1-4-16(5-2)11-14-8-6-13(7-9-14)10-12(3)15/h6-9,12H,4-5,10-11,15H2,1-3H3. The molecule has 0 bridgehead atoms. The lowest BCUT2D eigenvalue weighted by molar-refractivity contribution is 0.296. The maximum atomic E-state index is 5.78. The number of hydrogen-bond acceptors (Lipinski definition) is 2. The summed E-state index contributed by atoms with van der Waals surface area (Å²) >= 11 is 0. The summed E-state index contributed by atoms with van der Waals surface area (Å²) in [5.41, 5.74) is 8.50. The van der Waals surface area contributed by atoms with Gasteiger partial charge in [-0.1, -0.05) is 38.1 Å². The molecule has 1 atom stereocenters. The van der Waals surface area contributed by atoms with E-state index in [9.17, 15) is 0 Å². The molecule has 0 aromatic heterocycles. The molecule has 2 N–H and O–H groups in total. The second-order valence-electron chi connectivity index (χ2n) is 4.46. The Morgan fingerprint density at radius 2 is 1.56 bits per heavy atom. The van der Waals surface area contributed by atoms with E-state index in [1.54, 1.807) is 0 Å². The molecule has 0 aliphatic rings. The van der Waals surface area contributed by atoms with Crippen molar-refractivity contribution in [1.82, 2.24) is 4.90 Å². The molecule has 0 saturated heterocycles. The molecule has 0 aliphatic heterocycles. The van der Waals surface area contributed by atoms with Crippen molar-refractivity contribution in [3.05, 3.63) is 35.4 Å². The van der Waals surface area contributed by atoms with Crippen LogP contribution in [0, 0.1) is 0 Å². The van der Waals surface area contributed by atoms with Crippen LogP contribution < -0.4 is 5.73 Å². The Balaban J connectivity index is 2.57. The van der Waals surface area contributed by atoms with E-state index >= 15 is 0 Å². The Morgan fingerprint density at radius 3 is 2.00 bits per heavy atom. The molecule has 2 nitrogen and oxygen atoms in total. The molecule has 1 aromatic carbocycles. The van der Waals surface area contributed by atoms with Crippen molar-refractivity contribution in [2.24, 2.45) is 5.73 Å². The van der Waals surface area contributed by atoms with Crippen LogP contribution in [0.2, 0.25) is 0 Å². The minimum absolute atomic E-state index is 0.244. The molecule has 0 aliphatic carbocycles. The van der Waals surface area contributed by atoms with Gasteiger partial charge in [0, 0.05) is 12.6 Å². The lowest BCUT2D eigenvalue weighted by Crippen LogP contribution is -2.22. The normalized spacial score (nSPS) is 13.1. The average molecular weight is 220 g/mol. The third kappa shape index (κ3) is 4.33. The van der Waals surface area contributed by atoms with Gasteiger partial charge in [0.1, 0.15) is 0 Å². The molecule has 0 heterocycles. The van der Waals surface area contributed by atoms with Gasteiger partial charge < -0.3 is 5.73 Å². The van der Waals surface area contributed by atoms with E-state index in [1.807, 2.05) is 6.92 Å². The van der Waals surface area contributed by atoms with E-state index in [4.69, 9.17) is 5.73 Å². The Kier molecular flexibility index (Phi) is 5.50. The number of nitrogens with zero attached hydrogens (tertiary/aromatic N) is 1. The van der Waals surface area contributed by atoms with Crippen molar-refractivity contribution >= 4 is 0 Å². The number of benzene rings is 1. The Labute approximate surface area is 99.5 Å². The lowest BCUT2D eigenvalue weighted by atomic mass is 10.1. The third-order valence-corrected chi connectivity index (χ3v) is 2.88. The lowest BCUT2D eigenvalue weighted by Gasteiger charge is -2.18. The van der Waals surface area contributed by atoms with E-state index in [1.165, 1.54) is 11.1 Å². The topological polar surface area (TPSA) is 29.3 Å². The van der Waals surface area contributed by atoms with Gasteiger partial charge in [-0.3, -0.25) is 4.90 Å². The molecular weight excluding hydrogens is 196 g/mol. The summed E-state index contributed by atoms with van der Waals surface area (Å²) < 4.78 is 0. The average Bonchev–Trinajstić information content (AvgIpc) is 2.27. The van der Waals surface area contributed by atoms with Gasteiger partial charge in [0.15, 0.2) is 0 Å². The van der Waals surface area contributed by atoms with Gasteiger partial charge >= 0.3 is 0 Å². The van der Waals surface area contributed by atoms with Crippen molar-refractivity contribution in [3.63, 3.8) is 0 Å². The third-order valence-electron chi connectivity index (χ3n) is 2.88. The summed E-state index contributed by atoms with van der Waals surface area (Å²) in [5, 5.41) is 0. The van der Waals surface area contributed by atoms with Crippen LogP contribution in [0.1, 0.15) is 31.9 Å². The summed E-state index contributed by atoms with van der Waals surface area (Å²) in [6, 6.07) is 9.07. The monoisotopic (exact) mass is 220 g/mol. The molecule has 0 radical (unpaired) electrons. The summed E-state index contributed by atoms with van der Waals surface area (Å²) in [4.78, 5) is 2.42. The van der Waals surface area contributed by atoms with Crippen molar-refractivity contribution in [3.8, 4) is 0 Å². The number of nitrogens with two attached hydrogens (primary N) is 1. The van der Waals surface area contributed by atoms with Gasteiger partial charge in [0.25, 0.3) is 0 Å². The molecule has 0 fully saturated rings. The quantitative estimate of drug-likeness (QED) is 0.797. The van der Waals surface area contributed by atoms with Crippen molar-refractivity contribution in [1.29, 1.82) is 0 Å². The van der Waals surface area contributed by atoms with E-state index in [-0.39, 0.29) is 6.04 Å². The van der Waals surface area contributed by atoms with E-state index in [0.717, 1.165) is 26.1 Å². The van der Waals surface area contributed by atoms with E-state index in [2.05, 4.69) is 43.0 Å². The smallest absolute Gasteiger partial charge is 0.0233 e. The highest BCUT2D eigenvalue weighted by Gasteiger charge is 2.02. The van der Waals surface area contributed by atoms with Crippen LogP contribution >= 0.6 is 0 Å². The van der Waals surface area contributed by atoms with Crippen LogP contribution in [0.15, 0.2) is 24.3 Å². The van der Waals surface area contributed by atoms with Crippen LogP contribution in [0.25, 0.3) is 0 Å². The first kappa shape index (κ1) is 13.2.